The number of aliphatic hydroxyl groups is 4. The molecule has 38 heavy (non-hydrogen) atoms. The van der Waals surface area contributed by atoms with Gasteiger partial charge in [0.2, 0.25) is 5.78 Å². The number of phenolic OH excluding ortho intramolecular Hbond substituents is 1. The SMILES string of the molecule is CC1c2ccc(C3(C)CCCC3)c(O)c2C(O)=C2C(=O)C3(O)C(O)=C(C(N)=O)C(=O)C(N(C)C)C3C(O)C21. The minimum atomic E-state index is -2.91. The zero-order valence-corrected chi connectivity index (χ0v) is 21.9. The Bertz CT molecular complexity index is 1340. The molecule has 1 amide bonds. The molecule has 4 aliphatic carbocycles. The molecule has 0 bridgehead atoms. The van der Waals surface area contributed by atoms with Gasteiger partial charge in [-0.1, -0.05) is 38.8 Å². The molecule has 0 saturated heterocycles. The lowest BCUT2D eigenvalue weighted by Crippen LogP contribution is -2.70. The molecule has 6 atom stereocenters. The van der Waals surface area contributed by atoms with Crippen LogP contribution in [0, 0.1) is 11.8 Å². The summed E-state index contributed by atoms with van der Waals surface area (Å²) in [7, 11) is 2.96. The lowest BCUT2D eigenvalue weighted by Gasteiger charge is -2.53. The number of primary amides is 1. The van der Waals surface area contributed by atoms with E-state index in [-0.39, 0.29) is 22.3 Å². The lowest BCUT2D eigenvalue weighted by atomic mass is 9.54. The molecule has 2 fully saturated rings. The number of benzene rings is 1. The number of rotatable bonds is 3. The van der Waals surface area contributed by atoms with Crippen molar-refractivity contribution in [2.24, 2.45) is 17.6 Å². The van der Waals surface area contributed by atoms with Gasteiger partial charge in [-0.05, 0) is 43.8 Å². The number of aliphatic hydroxyl groups excluding tert-OH is 3. The van der Waals surface area contributed by atoms with Crippen LogP contribution in [0.4, 0.5) is 0 Å². The molecule has 204 valence electrons. The highest BCUT2D eigenvalue weighted by Crippen LogP contribution is 2.57. The quantitative estimate of drug-likeness (QED) is 0.317. The van der Waals surface area contributed by atoms with Gasteiger partial charge >= 0.3 is 0 Å². The molecule has 10 heteroatoms. The zero-order valence-electron chi connectivity index (χ0n) is 21.9. The van der Waals surface area contributed by atoms with E-state index in [1.54, 1.807) is 13.0 Å². The van der Waals surface area contributed by atoms with E-state index in [0.29, 0.717) is 11.1 Å². The summed E-state index contributed by atoms with van der Waals surface area (Å²) in [6.45, 7) is 3.77. The fraction of sp³-hybridized carbons (Fsp3) is 0.536. The Kier molecular flexibility index (Phi) is 5.83. The van der Waals surface area contributed by atoms with Gasteiger partial charge in [0.1, 0.15) is 22.8 Å². The summed E-state index contributed by atoms with van der Waals surface area (Å²) < 4.78 is 0. The van der Waals surface area contributed by atoms with Gasteiger partial charge in [-0.15, -0.1) is 0 Å². The summed E-state index contributed by atoms with van der Waals surface area (Å²) in [4.78, 5) is 40.8. The fourth-order valence-electron chi connectivity index (χ4n) is 7.53. The highest BCUT2D eigenvalue weighted by Gasteiger charge is 2.68. The number of amides is 1. The summed E-state index contributed by atoms with van der Waals surface area (Å²) in [5.74, 6) is -8.65. The second kappa shape index (κ2) is 8.39. The lowest BCUT2D eigenvalue weighted by molar-refractivity contribution is -0.169. The average molecular weight is 527 g/mol. The van der Waals surface area contributed by atoms with Crippen LogP contribution in [0.25, 0.3) is 5.76 Å². The molecule has 10 nitrogen and oxygen atoms in total. The average Bonchev–Trinajstić information content (AvgIpc) is 3.28. The largest absolute Gasteiger partial charge is 0.508 e. The number of nitrogens with two attached hydrogens (primary N) is 1. The van der Waals surface area contributed by atoms with Crippen LogP contribution in [0.2, 0.25) is 0 Å². The third kappa shape index (κ3) is 3.14. The van der Waals surface area contributed by atoms with Crippen LogP contribution in [-0.2, 0) is 19.8 Å². The zero-order chi connectivity index (χ0) is 28.1. The van der Waals surface area contributed by atoms with Gasteiger partial charge < -0.3 is 31.3 Å². The summed E-state index contributed by atoms with van der Waals surface area (Å²) in [6.07, 6.45) is 2.10. The molecule has 2 saturated carbocycles. The smallest absolute Gasteiger partial charge is 0.255 e. The van der Waals surface area contributed by atoms with Crippen molar-refractivity contribution >= 4 is 23.2 Å². The fourth-order valence-corrected chi connectivity index (χ4v) is 7.53. The predicted octanol–water partition coefficient (Wildman–Crippen LogP) is 1.33. The molecular formula is C28H34N2O8. The molecule has 1 aromatic rings. The number of hydrogen-bond donors (Lipinski definition) is 6. The van der Waals surface area contributed by atoms with Crippen molar-refractivity contribution in [1.29, 1.82) is 0 Å². The molecule has 0 spiro atoms. The molecular weight excluding hydrogens is 492 g/mol. The Balaban J connectivity index is 1.78. The number of fused-ring (bicyclic) bond motifs is 3. The second-order valence-electron chi connectivity index (χ2n) is 11.7. The van der Waals surface area contributed by atoms with Crippen molar-refractivity contribution in [1.82, 2.24) is 4.90 Å². The third-order valence-electron chi connectivity index (χ3n) is 9.49. The Labute approximate surface area is 220 Å². The van der Waals surface area contributed by atoms with E-state index < -0.39 is 70.1 Å². The van der Waals surface area contributed by atoms with Gasteiger partial charge in [0.05, 0.1) is 23.6 Å². The summed E-state index contributed by atoms with van der Waals surface area (Å²) in [5.41, 5.74) is 2.03. The van der Waals surface area contributed by atoms with Crippen LogP contribution < -0.4 is 5.73 Å². The Morgan fingerprint density at radius 1 is 1.11 bits per heavy atom. The third-order valence-corrected chi connectivity index (χ3v) is 9.49. The topological polar surface area (TPSA) is 182 Å². The van der Waals surface area contributed by atoms with Crippen molar-refractivity contribution in [3.05, 3.63) is 45.7 Å². The Hall–Kier alpha value is -3.21. The molecule has 0 heterocycles. The standard InChI is InChI=1S/C28H34N2O8/c1-11-12-7-8-13(27(2)9-5-6-10-27)20(31)15(12)21(32)16-14(11)22(33)18-19(30(3)4)23(34)17(26(29)37)25(36)28(18,38)24(16)35/h7-8,11,14,18-19,22,31-33,36,38H,5-6,9-10H2,1-4H3,(H2,29,37). The Morgan fingerprint density at radius 2 is 1.71 bits per heavy atom. The molecule has 0 aliphatic heterocycles. The van der Waals surface area contributed by atoms with E-state index in [2.05, 4.69) is 0 Å². The number of ketones is 2. The normalized spacial score (nSPS) is 34.3. The van der Waals surface area contributed by atoms with Crippen molar-refractivity contribution in [2.75, 3.05) is 14.1 Å². The number of phenols is 1. The summed E-state index contributed by atoms with van der Waals surface area (Å²) >= 11 is 0. The monoisotopic (exact) mass is 526 g/mol. The molecule has 7 N–H and O–H groups in total. The van der Waals surface area contributed by atoms with Gasteiger partial charge in [-0.2, -0.15) is 0 Å². The van der Waals surface area contributed by atoms with Gasteiger partial charge in [0.15, 0.2) is 11.4 Å². The molecule has 4 aliphatic rings. The minimum absolute atomic E-state index is 0.0478. The van der Waals surface area contributed by atoms with Crippen molar-refractivity contribution < 1.29 is 39.9 Å². The number of Topliss-reactive ketones (excluding diaryl/α,β-unsaturated/α-hetero) is 2. The van der Waals surface area contributed by atoms with E-state index in [9.17, 15) is 39.9 Å². The number of aromatic hydroxyl groups is 1. The van der Waals surface area contributed by atoms with Crippen LogP contribution in [0.3, 0.4) is 0 Å². The molecule has 0 radical (unpaired) electrons. The first-order chi connectivity index (χ1) is 17.7. The number of carbonyl (C=O) groups is 3. The number of hydrogen-bond acceptors (Lipinski definition) is 9. The molecule has 1 aromatic carbocycles. The number of carbonyl (C=O) groups excluding carboxylic acids is 3. The first-order valence-electron chi connectivity index (χ1n) is 12.9. The van der Waals surface area contributed by atoms with E-state index in [1.165, 1.54) is 19.0 Å². The van der Waals surface area contributed by atoms with Gasteiger partial charge in [0.25, 0.3) is 5.91 Å². The number of nitrogens with zero attached hydrogens (tertiary/aromatic N) is 1. The van der Waals surface area contributed by atoms with Crippen molar-refractivity contribution in [3.63, 3.8) is 0 Å². The van der Waals surface area contributed by atoms with Gasteiger partial charge in [0, 0.05) is 17.1 Å². The van der Waals surface area contributed by atoms with Crippen molar-refractivity contribution in [2.45, 2.75) is 68.6 Å². The van der Waals surface area contributed by atoms with Crippen LogP contribution >= 0.6 is 0 Å². The molecule has 0 aromatic heterocycles. The van der Waals surface area contributed by atoms with Crippen LogP contribution in [-0.4, -0.2) is 79.7 Å². The predicted molar refractivity (Wildman–Crippen MR) is 136 cm³/mol. The highest BCUT2D eigenvalue weighted by atomic mass is 16.4. The van der Waals surface area contributed by atoms with E-state index in [0.717, 1.165) is 25.7 Å². The van der Waals surface area contributed by atoms with E-state index in [4.69, 9.17) is 5.73 Å². The first-order valence-corrected chi connectivity index (χ1v) is 12.9. The van der Waals surface area contributed by atoms with Gasteiger partial charge in [-0.3, -0.25) is 19.3 Å². The molecule has 5 rings (SSSR count). The summed E-state index contributed by atoms with van der Waals surface area (Å²) in [6, 6.07) is 2.23. The maximum atomic E-state index is 14.1. The van der Waals surface area contributed by atoms with Crippen LogP contribution in [0.5, 0.6) is 5.75 Å². The number of likely N-dealkylation sites (N-methyl/N-ethyl adjacent to an activating group) is 1. The van der Waals surface area contributed by atoms with Crippen LogP contribution in [0.15, 0.2) is 29.0 Å². The van der Waals surface area contributed by atoms with E-state index >= 15 is 0 Å². The first kappa shape index (κ1) is 26.4. The maximum Gasteiger partial charge on any atom is 0.255 e. The minimum Gasteiger partial charge on any atom is -0.508 e. The Morgan fingerprint density at radius 3 is 2.26 bits per heavy atom. The molecule has 6 unspecified atom stereocenters. The second-order valence-corrected chi connectivity index (χ2v) is 11.7. The van der Waals surface area contributed by atoms with Crippen molar-refractivity contribution in [3.8, 4) is 5.75 Å². The maximum absolute atomic E-state index is 14.1. The van der Waals surface area contributed by atoms with E-state index in [1.807, 2.05) is 13.0 Å². The van der Waals surface area contributed by atoms with Gasteiger partial charge in [-0.25, -0.2) is 0 Å². The highest BCUT2D eigenvalue weighted by molar-refractivity contribution is 6.24. The van der Waals surface area contributed by atoms with Crippen LogP contribution in [0.1, 0.15) is 62.1 Å². The summed E-state index contributed by atoms with van der Waals surface area (Å²) in [5, 5.41) is 57.3.